The molecule has 1 atom stereocenters. The van der Waals surface area contributed by atoms with Crippen molar-refractivity contribution in [2.45, 2.75) is 6.04 Å². The van der Waals surface area contributed by atoms with Gasteiger partial charge in [-0.1, -0.05) is 29.8 Å². The summed E-state index contributed by atoms with van der Waals surface area (Å²) in [5.74, 6) is 6.03. The van der Waals surface area contributed by atoms with E-state index < -0.39 is 0 Å². The number of nitrogens with zero attached hydrogens (tertiary/aromatic N) is 1. The number of hydrazine groups is 1. The largest absolute Gasteiger partial charge is 0.383 e. The van der Waals surface area contributed by atoms with Crippen LogP contribution in [0.3, 0.4) is 0 Å². The molecule has 0 saturated heterocycles. The van der Waals surface area contributed by atoms with Crippen LogP contribution in [0.25, 0.3) is 0 Å². The van der Waals surface area contributed by atoms with Crippen LogP contribution < -0.4 is 17.0 Å². The highest BCUT2D eigenvalue weighted by atomic mass is 35.5. The van der Waals surface area contributed by atoms with Crippen LogP contribution in [0.2, 0.25) is 5.02 Å². The highest BCUT2D eigenvalue weighted by Crippen LogP contribution is 2.26. The Morgan fingerprint density at radius 2 is 2.06 bits per heavy atom. The van der Waals surface area contributed by atoms with Gasteiger partial charge in [0.1, 0.15) is 5.82 Å². The van der Waals surface area contributed by atoms with Crippen molar-refractivity contribution in [2.75, 3.05) is 5.73 Å². The summed E-state index contributed by atoms with van der Waals surface area (Å²) in [6, 6.07) is 10.9. The minimum Gasteiger partial charge on any atom is -0.383 e. The molecule has 0 amide bonds. The van der Waals surface area contributed by atoms with Crippen LogP contribution >= 0.6 is 11.6 Å². The van der Waals surface area contributed by atoms with E-state index in [0.29, 0.717) is 10.8 Å². The number of nitrogen functional groups attached to an aromatic ring is 1. The van der Waals surface area contributed by atoms with Crippen molar-refractivity contribution in [1.29, 1.82) is 0 Å². The average Bonchev–Trinajstić information content (AvgIpc) is 2.33. The second-order valence-electron chi connectivity index (χ2n) is 3.63. The Morgan fingerprint density at radius 1 is 1.24 bits per heavy atom. The van der Waals surface area contributed by atoms with Gasteiger partial charge >= 0.3 is 0 Å². The molecule has 1 heterocycles. The number of rotatable bonds is 3. The maximum Gasteiger partial charge on any atom is 0.128 e. The fourth-order valence-electron chi connectivity index (χ4n) is 1.73. The van der Waals surface area contributed by atoms with E-state index >= 15 is 0 Å². The minimum absolute atomic E-state index is 0.220. The Labute approximate surface area is 105 Å². The van der Waals surface area contributed by atoms with Crippen molar-refractivity contribution in [3.8, 4) is 0 Å². The normalized spacial score (nSPS) is 12.4. The summed E-state index contributed by atoms with van der Waals surface area (Å²) in [4.78, 5) is 4.05. The van der Waals surface area contributed by atoms with Crippen LogP contribution in [0.4, 0.5) is 5.82 Å². The highest BCUT2D eigenvalue weighted by Gasteiger charge is 2.15. The Balaban J connectivity index is 2.44. The van der Waals surface area contributed by atoms with E-state index in [1.165, 1.54) is 0 Å². The van der Waals surface area contributed by atoms with Gasteiger partial charge in [-0.05, 0) is 23.8 Å². The summed E-state index contributed by atoms with van der Waals surface area (Å²) < 4.78 is 0. The Bertz CT molecular complexity index is 515. The van der Waals surface area contributed by atoms with Crippen molar-refractivity contribution >= 4 is 17.4 Å². The number of nitrogens with one attached hydrogen (secondary N) is 1. The molecule has 2 aromatic rings. The van der Waals surface area contributed by atoms with Crippen LogP contribution in [-0.4, -0.2) is 4.98 Å². The molecule has 1 aromatic carbocycles. The van der Waals surface area contributed by atoms with Crippen molar-refractivity contribution in [1.82, 2.24) is 10.4 Å². The summed E-state index contributed by atoms with van der Waals surface area (Å²) in [7, 11) is 0. The van der Waals surface area contributed by atoms with Crippen molar-refractivity contribution in [3.63, 3.8) is 0 Å². The topological polar surface area (TPSA) is 77.0 Å². The van der Waals surface area contributed by atoms with Crippen LogP contribution in [0.5, 0.6) is 0 Å². The lowest BCUT2D eigenvalue weighted by Gasteiger charge is -2.18. The standard InChI is InChI=1S/C12H13ClN4/c13-9-4-1-3-8(7-9)11(17-15)10-5-2-6-16-12(10)14/h1-7,11,17H,15H2,(H2,14,16). The van der Waals surface area contributed by atoms with E-state index in [4.69, 9.17) is 23.2 Å². The zero-order valence-electron chi connectivity index (χ0n) is 9.10. The fraction of sp³-hybridized carbons (Fsp3) is 0.0833. The van der Waals surface area contributed by atoms with Crippen LogP contribution in [0.1, 0.15) is 17.2 Å². The van der Waals surface area contributed by atoms with Gasteiger partial charge in [-0.15, -0.1) is 0 Å². The fourth-order valence-corrected chi connectivity index (χ4v) is 1.92. The van der Waals surface area contributed by atoms with E-state index in [1.807, 2.05) is 36.4 Å². The third-order valence-corrected chi connectivity index (χ3v) is 2.77. The zero-order chi connectivity index (χ0) is 12.3. The molecule has 5 N–H and O–H groups in total. The van der Waals surface area contributed by atoms with E-state index in [1.54, 1.807) is 6.20 Å². The number of pyridine rings is 1. The lowest BCUT2D eigenvalue weighted by Crippen LogP contribution is -2.29. The number of nitrogens with two attached hydrogens (primary N) is 2. The number of hydrogen-bond donors (Lipinski definition) is 3. The number of hydrogen-bond acceptors (Lipinski definition) is 4. The second-order valence-corrected chi connectivity index (χ2v) is 4.07. The van der Waals surface area contributed by atoms with Gasteiger partial charge in [0.15, 0.2) is 0 Å². The van der Waals surface area contributed by atoms with E-state index in [2.05, 4.69) is 10.4 Å². The zero-order valence-corrected chi connectivity index (χ0v) is 9.85. The molecular weight excluding hydrogens is 236 g/mol. The smallest absolute Gasteiger partial charge is 0.128 e. The SMILES string of the molecule is NNC(c1cccc(Cl)c1)c1cccnc1N. The number of anilines is 1. The third kappa shape index (κ3) is 2.55. The molecule has 0 aliphatic rings. The van der Waals surface area contributed by atoms with Crippen LogP contribution in [0.15, 0.2) is 42.6 Å². The Kier molecular flexibility index (Phi) is 3.58. The van der Waals surface area contributed by atoms with Gasteiger partial charge < -0.3 is 5.73 Å². The van der Waals surface area contributed by atoms with Gasteiger partial charge in [-0.25, -0.2) is 10.4 Å². The van der Waals surface area contributed by atoms with Gasteiger partial charge in [0.2, 0.25) is 0 Å². The lowest BCUT2D eigenvalue weighted by molar-refractivity contribution is 0.637. The number of halogens is 1. The molecule has 1 unspecified atom stereocenters. The molecule has 4 nitrogen and oxygen atoms in total. The average molecular weight is 249 g/mol. The summed E-state index contributed by atoms with van der Waals surface area (Å²) in [5.41, 5.74) is 10.3. The maximum absolute atomic E-state index is 5.96. The quantitative estimate of drug-likeness (QED) is 0.573. The van der Waals surface area contributed by atoms with Crippen LogP contribution in [-0.2, 0) is 0 Å². The molecule has 1 aromatic heterocycles. The Hall–Kier alpha value is -1.62. The monoisotopic (exact) mass is 248 g/mol. The van der Waals surface area contributed by atoms with Crippen molar-refractivity contribution in [2.24, 2.45) is 5.84 Å². The minimum atomic E-state index is -0.220. The summed E-state index contributed by atoms with van der Waals surface area (Å²) in [6.45, 7) is 0. The first kappa shape index (κ1) is 11.9. The highest BCUT2D eigenvalue weighted by molar-refractivity contribution is 6.30. The molecule has 0 radical (unpaired) electrons. The summed E-state index contributed by atoms with van der Waals surface area (Å²) >= 11 is 5.96. The number of benzene rings is 1. The predicted octanol–water partition coefficient (Wildman–Crippen LogP) is 1.87. The van der Waals surface area contributed by atoms with Gasteiger partial charge in [0.05, 0.1) is 6.04 Å². The lowest BCUT2D eigenvalue weighted by atomic mass is 10.00. The molecule has 5 heteroatoms. The predicted molar refractivity (Wildman–Crippen MR) is 69.3 cm³/mol. The first-order chi connectivity index (χ1) is 8.22. The van der Waals surface area contributed by atoms with E-state index in [9.17, 15) is 0 Å². The second kappa shape index (κ2) is 5.14. The van der Waals surface area contributed by atoms with Gasteiger partial charge in [0, 0.05) is 16.8 Å². The first-order valence-corrected chi connectivity index (χ1v) is 5.52. The third-order valence-electron chi connectivity index (χ3n) is 2.53. The summed E-state index contributed by atoms with van der Waals surface area (Å²) in [5, 5.41) is 0.658. The molecule has 0 spiro atoms. The van der Waals surface area contributed by atoms with Crippen LogP contribution in [0, 0.1) is 0 Å². The molecule has 17 heavy (non-hydrogen) atoms. The molecule has 0 aliphatic carbocycles. The van der Waals surface area contributed by atoms with Gasteiger partial charge in [0.25, 0.3) is 0 Å². The molecule has 0 saturated carbocycles. The molecule has 0 aliphatic heterocycles. The molecule has 0 fully saturated rings. The first-order valence-electron chi connectivity index (χ1n) is 5.14. The number of aromatic nitrogens is 1. The summed E-state index contributed by atoms with van der Waals surface area (Å²) in [6.07, 6.45) is 1.64. The molecule has 88 valence electrons. The Morgan fingerprint density at radius 3 is 2.71 bits per heavy atom. The van der Waals surface area contributed by atoms with Gasteiger partial charge in [-0.3, -0.25) is 5.84 Å². The molecule has 2 rings (SSSR count). The van der Waals surface area contributed by atoms with E-state index in [0.717, 1.165) is 11.1 Å². The van der Waals surface area contributed by atoms with Gasteiger partial charge in [-0.2, -0.15) is 0 Å². The van der Waals surface area contributed by atoms with E-state index in [-0.39, 0.29) is 6.04 Å². The molecular formula is C12H13ClN4. The van der Waals surface area contributed by atoms with Crippen molar-refractivity contribution < 1.29 is 0 Å². The molecule has 0 bridgehead atoms. The maximum atomic E-state index is 5.96. The van der Waals surface area contributed by atoms with Crippen molar-refractivity contribution in [3.05, 3.63) is 58.7 Å².